The van der Waals surface area contributed by atoms with Crippen molar-refractivity contribution < 1.29 is 36.2 Å². The molecule has 0 aliphatic carbocycles. The second-order valence-corrected chi connectivity index (χ2v) is 9.13. The molecule has 31 heavy (non-hydrogen) atoms. The Bertz CT molecular complexity index is 1090. The summed E-state index contributed by atoms with van der Waals surface area (Å²) in [5.41, 5.74) is -0.587. The van der Waals surface area contributed by atoms with E-state index < -0.39 is 43.9 Å². The minimum absolute atomic E-state index is 0.187. The number of nitrogens with one attached hydrogen (secondary N) is 3. The molecule has 1 atom stereocenters. The molecule has 4 N–H and O–H groups in total. The van der Waals surface area contributed by atoms with Crippen LogP contribution in [0.5, 0.6) is 11.5 Å². The molecule has 2 aromatic rings. The monoisotopic (exact) mass is 479 g/mol. The summed E-state index contributed by atoms with van der Waals surface area (Å²) in [6, 6.07) is 6.15. The minimum Gasteiger partial charge on any atom is -0.504 e. The maximum absolute atomic E-state index is 12.8. The molecule has 1 heterocycles. The number of anilines is 2. The molecular weight excluding hydrogens is 463 g/mol. The van der Waals surface area contributed by atoms with E-state index in [0.29, 0.717) is 13.0 Å². The van der Waals surface area contributed by atoms with E-state index in [2.05, 4.69) is 20.7 Å². The van der Waals surface area contributed by atoms with Crippen molar-refractivity contribution in [2.24, 2.45) is 0 Å². The van der Waals surface area contributed by atoms with Gasteiger partial charge in [-0.05, 0) is 37.2 Å². The maximum Gasteiger partial charge on any atom is 0.573 e. The van der Waals surface area contributed by atoms with Crippen molar-refractivity contribution in [2.75, 3.05) is 23.7 Å². The maximum atomic E-state index is 12.8. The Balaban J connectivity index is 1.84. The largest absolute Gasteiger partial charge is 0.573 e. The van der Waals surface area contributed by atoms with Crippen LogP contribution in [0.4, 0.5) is 29.3 Å². The molecule has 3 rings (SSSR count). The molecule has 0 aromatic heterocycles. The van der Waals surface area contributed by atoms with Crippen LogP contribution in [-0.2, 0) is 9.84 Å². The molecule has 8 nitrogen and oxygen atoms in total. The van der Waals surface area contributed by atoms with E-state index in [0.717, 1.165) is 6.07 Å². The molecular formula is C18H17ClF3N3O5S. The Kier molecular flexibility index (Phi) is 6.53. The first-order valence-electron chi connectivity index (χ1n) is 8.88. The van der Waals surface area contributed by atoms with Gasteiger partial charge in [0.1, 0.15) is 4.90 Å². The third kappa shape index (κ3) is 5.32. The van der Waals surface area contributed by atoms with Gasteiger partial charge in [-0.2, -0.15) is 0 Å². The lowest BCUT2D eigenvalue weighted by molar-refractivity contribution is -0.274. The highest BCUT2D eigenvalue weighted by molar-refractivity contribution is 7.92. The molecule has 1 saturated heterocycles. The Labute approximate surface area is 180 Å². The Morgan fingerprint density at radius 1 is 1.16 bits per heavy atom. The fraction of sp³-hybridized carbons (Fsp3) is 0.278. The third-order valence-electron chi connectivity index (χ3n) is 4.43. The number of aromatic hydroxyl groups is 1. The van der Waals surface area contributed by atoms with Crippen LogP contribution in [0.25, 0.3) is 0 Å². The number of amides is 2. The summed E-state index contributed by atoms with van der Waals surface area (Å²) in [4.78, 5) is 11.8. The standard InChI is InChI=1S/C18H17ClF3N3O5S/c19-11-5-6-13(15(26)16(11)31(28,29)10-7-8-23-9-10)25-17(27)24-12-3-1-2-4-14(12)30-18(20,21)22/h1-6,10,23,26H,7-9H2,(H2,24,25,27). The number of hydrogen-bond acceptors (Lipinski definition) is 6. The fourth-order valence-electron chi connectivity index (χ4n) is 3.04. The van der Waals surface area contributed by atoms with Crippen molar-refractivity contribution in [3.8, 4) is 11.5 Å². The summed E-state index contributed by atoms with van der Waals surface area (Å²) in [5.74, 6) is -1.42. The van der Waals surface area contributed by atoms with Gasteiger partial charge in [0, 0.05) is 6.54 Å². The quantitative estimate of drug-likeness (QED) is 0.486. The van der Waals surface area contributed by atoms with Gasteiger partial charge < -0.3 is 25.8 Å². The predicted octanol–water partition coefficient (Wildman–Crippen LogP) is 3.72. The lowest BCUT2D eigenvalue weighted by Gasteiger charge is -2.17. The average molecular weight is 480 g/mol. The lowest BCUT2D eigenvalue weighted by atomic mass is 10.3. The van der Waals surface area contributed by atoms with Crippen molar-refractivity contribution in [3.05, 3.63) is 41.4 Å². The molecule has 13 heteroatoms. The Hall–Kier alpha value is -2.70. The normalized spacial score (nSPS) is 16.7. The molecule has 1 aliphatic rings. The molecule has 0 bridgehead atoms. The van der Waals surface area contributed by atoms with Crippen LogP contribution < -0.4 is 20.7 Å². The van der Waals surface area contributed by atoms with E-state index in [1.54, 1.807) is 0 Å². The highest BCUT2D eigenvalue weighted by atomic mass is 35.5. The fourth-order valence-corrected chi connectivity index (χ4v) is 5.33. The zero-order valence-electron chi connectivity index (χ0n) is 15.7. The lowest BCUT2D eigenvalue weighted by Crippen LogP contribution is -2.25. The summed E-state index contributed by atoms with van der Waals surface area (Å²) in [5, 5.41) is 16.7. The van der Waals surface area contributed by atoms with Crippen LogP contribution in [0, 0.1) is 0 Å². The van der Waals surface area contributed by atoms with E-state index in [-0.39, 0.29) is 22.9 Å². The average Bonchev–Trinajstić information content (AvgIpc) is 3.20. The van der Waals surface area contributed by atoms with Crippen LogP contribution >= 0.6 is 11.6 Å². The van der Waals surface area contributed by atoms with E-state index in [9.17, 15) is 31.5 Å². The number of benzene rings is 2. The zero-order valence-corrected chi connectivity index (χ0v) is 17.2. The number of ether oxygens (including phenoxy) is 1. The van der Waals surface area contributed by atoms with Crippen molar-refractivity contribution in [2.45, 2.75) is 22.9 Å². The summed E-state index contributed by atoms with van der Waals surface area (Å²) in [6.45, 7) is 0.675. The number of halogens is 4. The summed E-state index contributed by atoms with van der Waals surface area (Å²) >= 11 is 6.00. The predicted molar refractivity (Wildman–Crippen MR) is 107 cm³/mol. The number of hydrogen-bond donors (Lipinski definition) is 4. The number of rotatable bonds is 5. The van der Waals surface area contributed by atoms with E-state index >= 15 is 0 Å². The molecule has 0 saturated carbocycles. The van der Waals surface area contributed by atoms with Gasteiger partial charge in [-0.15, -0.1) is 13.2 Å². The number of alkyl halides is 3. The van der Waals surface area contributed by atoms with Gasteiger partial charge in [-0.3, -0.25) is 0 Å². The van der Waals surface area contributed by atoms with Gasteiger partial charge >= 0.3 is 12.4 Å². The van der Waals surface area contributed by atoms with Crippen molar-refractivity contribution in [1.29, 1.82) is 0 Å². The van der Waals surface area contributed by atoms with Gasteiger partial charge in [0.15, 0.2) is 21.3 Å². The van der Waals surface area contributed by atoms with Crippen LogP contribution in [0.1, 0.15) is 6.42 Å². The highest BCUT2D eigenvalue weighted by Crippen LogP contribution is 2.39. The SMILES string of the molecule is O=C(Nc1ccccc1OC(F)(F)F)Nc1ccc(Cl)c(S(=O)(=O)C2CCNC2)c1O. The zero-order chi connectivity index (χ0) is 22.8. The summed E-state index contributed by atoms with van der Waals surface area (Å²) in [6.07, 6.45) is -4.65. The smallest absolute Gasteiger partial charge is 0.504 e. The van der Waals surface area contributed by atoms with E-state index in [1.807, 2.05) is 0 Å². The van der Waals surface area contributed by atoms with Gasteiger partial charge in [0.25, 0.3) is 0 Å². The first-order chi connectivity index (χ1) is 14.5. The number of carbonyl (C=O) groups excluding carboxylic acids is 1. The number of carbonyl (C=O) groups is 1. The number of sulfone groups is 1. The second-order valence-electron chi connectivity index (χ2n) is 6.56. The van der Waals surface area contributed by atoms with Crippen LogP contribution in [0.15, 0.2) is 41.3 Å². The van der Waals surface area contributed by atoms with Crippen molar-refractivity contribution in [1.82, 2.24) is 5.32 Å². The molecule has 2 aromatic carbocycles. The molecule has 0 spiro atoms. The molecule has 0 radical (unpaired) electrons. The first kappa shape index (κ1) is 23.0. The van der Waals surface area contributed by atoms with Gasteiger partial charge in [-0.25, -0.2) is 13.2 Å². The van der Waals surface area contributed by atoms with Crippen molar-refractivity contribution in [3.63, 3.8) is 0 Å². The first-order valence-corrected chi connectivity index (χ1v) is 10.8. The molecule has 2 amide bonds. The minimum atomic E-state index is -4.97. The van der Waals surface area contributed by atoms with E-state index in [4.69, 9.17) is 11.6 Å². The van der Waals surface area contributed by atoms with Crippen LogP contribution in [0.3, 0.4) is 0 Å². The summed E-state index contributed by atoms with van der Waals surface area (Å²) in [7, 11) is -4.01. The molecule has 168 valence electrons. The molecule has 1 fully saturated rings. The number of phenols is 1. The van der Waals surface area contributed by atoms with Crippen molar-refractivity contribution >= 4 is 38.8 Å². The second kappa shape index (κ2) is 8.81. The van der Waals surface area contributed by atoms with Gasteiger partial charge in [-0.1, -0.05) is 23.7 Å². The number of para-hydroxylation sites is 2. The summed E-state index contributed by atoms with van der Waals surface area (Å²) < 4.78 is 67.1. The van der Waals surface area contributed by atoms with Gasteiger partial charge in [0.2, 0.25) is 0 Å². The Morgan fingerprint density at radius 2 is 1.84 bits per heavy atom. The van der Waals surface area contributed by atoms with Crippen LogP contribution in [-0.4, -0.2) is 44.3 Å². The Morgan fingerprint density at radius 3 is 2.48 bits per heavy atom. The van der Waals surface area contributed by atoms with Gasteiger partial charge in [0.05, 0.1) is 21.6 Å². The molecule has 1 unspecified atom stereocenters. The molecule has 1 aliphatic heterocycles. The number of phenolic OH excluding ortho intramolecular Hbond substituents is 1. The van der Waals surface area contributed by atoms with E-state index in [1.165, 1.54) is 30.3 Å². The number of urea groups is 1. The van der Waals surface area contributed by atoms with Crippen LogP contribution in [0.2, 0.25) is 5.02 Å². The highest BCUT2D eigenvalue weighted by Gasteiger charge is 2.35. The third-order valence-corrected chi connectivity index (χ3v) is 7.12. The topological polar surface area (TPSA) is 117 Å².